The van der Waals surface area contributed by atoms with Gasteiger partial charge in [-0.1, -0.05) is 35.9 Å². The van der Waals surface area contributed by atoms with Crippen molar-refractivity contribution < 1.29 is 9.59 Å². The minimum absolute atomic E-state index is 0.192. The van der Waals surface area contributed by atoms with Gasteiger partial charge in [-0.2, -0.15) is 0 Å². The second kappa shape index (κ2) is 12.1. The molecule has 0 atom stereocenters. The van der Waals surface area contributed by atoms with Gasteiger partial charge in [-0.25, -0.2) is 4.79 Å². The summed E-state index contributed by atoms with van der Waals surface area (Å²) >= 11 is 5.94. The highest BCUT2D eigenvalue weighted by Gasteiger charge is 2.15. The van der Waals surface area contributed by atoms with E-state index in [1.165, 1.54) is 0 Å². The van der Waals surface area contributed by atoms with Gasteiger partial charge in [0.15, 0.2) is 0 Å². The third kappa shape index (κ3) is 7.50. The predicted molar refractivity (Wildman–Crippen MR) is 139 cm³/mol. The molecule has 0 saturated heterocycles. The maximum absolute atomic E-state index is 13.0. The van der Waals surface area contributed by atoms with E-state index in [9.17, 15) is 9.59 Å². The fraction of sp³-hybridized carbons (Fsp3) is 0.231. The van der Waals surface area contributed by atoms with Gasteiger partial charge in [0, 0.05) is 29.4 Å². The molecule has 0 radical (unpaired) electrons. The summed E-state index contributed by atoms with van der Waals surface area (Å²) in [4.78, 5) is 29.4. The number of nitrogen functional groups attached to an aromatic ring is 1. The fourth-order valence-corrected chi connectivity index (χ4v) is 3.48. The number of halogens is 1. The Labute approximate surface area is 205 Å². The molecular weight excluding hydrogens is 450 g/mol. The molecule has 3 aromatic rings. The standard InChI is InChI=1S/C26H30ClN5O2/c1-31(2)16-5-17-32(26(34)29-22-14-12-21(27)13-15-22)18-19-8-10-20(11-9-19)25(33)30-24-7-4-3-6-23(24)28/h3-4,6-15H,5,16-18,28H2,1-2H3,(H,29,34)(H,30,33). The van der Waals surface area contributed by atoms with Gasteiger partial charge in [0.05, 0.1) is 11.4 Å². The second-order valence-electron chi connectivity index (χ2n) is 8.25. The molecule has 34 heavy (non-hydrogen) atoms. The maximum atomic E-state index is 13.0. The lowest BCUT2D eigenvalue weighted by molar-refractivity contribution is 0.102. The van der Waals surface area contributed by atoms with Gasteiger partial charge < -0.3 is 26.2 Å². The SMILES string of the molecule is CN(C)CCCN(Cc1ccc(C(=O)Nc2ccccc2N)cc1)C(=O)Nc1ccc(Cl)cc1. The van der Waals surface area contributed by atoms with Crippen LogP contribution >= 0.6 is 11.6 Å². The van der Waals surface area contributed by atoms with Crippen molar-refractivity contribution in [2.24, 2.45) is 0 Å². The quantitative estimate of drug-likeness (QED) is 0.370. The lowest BCUT2D eigenvalue weighted by Crippen LogP contribution is -2.36. The van der Waals surface area contributed by atoms with E-state index in [2.05, 4.69) is 15.5 Å². The van der Waals surface area contributed by atoms with Crippen LogP contribution in [-0.2, 0) is 6.54 Å². The smallest absolute Gasteiger partial charge is 0.322 e. The number of urea groups is 1. The number of benzene rings is 3. The number of anilines is 3. The van der Waals surface area contributed by atoms with E-state index >= 15 is 0 Å². The van der Waals surface area contributed by atoms with E-state index in [1.54, 1.807) is 53.4 Å². The number of para-hydroxylation sites is 2. The van der Waals surface area contributed by atoms with Crippen LogP contribution in [0.2, 0.25) is 5.02 Å². The van der Waals surface area contributed by atoms with E-state index < -0.39 is 0 Å². The molecule has 4 N–H and O–H groups in total. The summed E-state index contributed by atoms with van der Waals surface area (Å²) < 4.78 is 0. The number of nitrogens with zero attached hydrogens (tertiary/aromatic N) is 2. The monoisotopic (exact) mass is 479 g/mol. The minimum Gasteiger partial charge on any atom is -0.397 e. The molecule has 7 nitrogen and oxygen atoms in total. The van der Waals surface area contributed by atoms with Gasteiger partial charge in [0.25, 0.3) is 5.91 Å². The molecule has 0 aliphatic carbocycles. The van der Waals surface area contributed by atoms with E-state index in [0.717, 1.165) is 18.5 Å². The van der Waals surface area contributed by atoms with Crippen molar-refractivity contribution >= 4 is 40.6 Å². The normalized spacial score (nSPS) is 10.7. The Morgan fingerprint density at radius 3 is 2.21 bits per heavy atom. The number of hydrogen-bond acceptors (Lipinski definition) is 4. The molecule has 3 amide bonds. The highest BCUT2D eigenvalue weighted by Crippen LogP contribution is 2.19. The summed E-state index contributed by atoms with van der Waals surface area (Å²) in [5.41, 5.74) is 9.10. The van der Waals surface area contributed by atoms with Crippen LogP contribution in [0.3, 0.4) is 0 Å². The van der Waals surface area contributed by atoms with Gasteiger partial charge >= 0.3 is 6.03 Å². The third-order valence-corrected chi connectivity index (χ3v) is 5.47. The predicted octanol–water partition coefficient (Wildman–Crippen LogP) is 5.16. The summed E-state index contributed by atoms with van der Waals surface area (Å²) in [7, 11) is 4.01. The van der Waals surface area contributed by atoms with Crippen LogP contribution < -0.4 is 16.4 Å². The van der Waals surface area contributed by atoms with Crippen LogP contribution in [0.4, 0.5) is 21.9 Å². The molecular formula is C26H30ClN5O2. The molecule has 0 aliphatic heterocycles. The Kier molecular flexibility index (Phi) is 8.90. The van der Waals surface area contributed by atoms with E-state index in [0.29, 0.717) is 40.7 Å². The Hall–Kier alpha value is -3.55. The average molecular weight is 480 g/mol. The molecule has 0 spiro atoms. The van der Waals surface area contributed by atoms with Crippen LogP contribution in [0, 0.1) is 0 Å². The first-order chi connectivity index (χ1) is 16.3. The Balaban J connectivity index is 1.66. The number of hydrogen-bond donors (Lipinski definition) is 3. The number of rotatable bonds is 9. The van der Waals surface area contributed by atoms with Crippen molar-refractivity contribution in [2.75, 3.05) is 43.6 Å². The molecule has 8 heteroatoms. The largest absolute Gasteiger partial charge is 0.397 e. The molecule has 178 valence electrons. The summed E-state index contributed by atoms with van der Waals surface area (Å²) in [5, 5.41) is 6.36. The lowest BCUT2D eigenvalue weighted by atomic mass is 10.1. The molecule has 0 aromatic heterocycles. The second-order valence-corrected chi connectivity index (χ2v) is 8.69. The van der Waals surface area contributed by atoms with Crippen molar-refractivity contribution in [1.82, 2.24) is 9.80 Å². The summed E-state index contributed by atoms with van der Waals surface area (Å²) in [6.45, 7) is 1.87. The van der Waals surface area contributed by atoms with Crippen LogP contribution in [0.1, 0.15) is 22.3 Å². The molecule has 3 rings (SSSR count). The molecule has 0 saturated carbocycles. The zero-order valence-corrected chi connectivity index (χ0v) is 20.2. The third-order valence-electron chi connectivity index (χ3n) is 5.21. The Morgan fingerprint density at radius 1 is 0.882 bits per heavy atom. The van der Waals surface area contributed by atoms with Gasteiger partial charge in [-0.15, -0.1) is 0 Å². The number of carbonyl (C=O) groups is 2. The van der Waals surface area contributed by atoms with E-state index in [-0.39, 0.29) is 11.9 Å². The molecule has 0 fully saturated rings. The number of nitrogens with two attached hydrogens (primary N) is 1. The van der Waals surface area contributed by atoms with Crippen molar-refractivity contribution in [2.45, 2.75) is 13.0 Å². The van der Waals surface area contributed by atoms with Gasteiger partial charge in [-0.3, -0.25) is 4.79 Å². The van der Waals surface area contributed by atoms with E-state index in [4.69, 9.17) is 17.3 Å². The summed E-state index contributed by atoms with van der Waals surface area (Å²) in [5.74, 6) is -0.243. The first-order valence-corrected chi connectivity index (χ1v) is 11.4. The molecule has 3 aromatic carbocycles. The average Bonchev–Trinajstić information content (AvgIpc) is 2.81. The van der Waals surface area contributed by atoms with Crippen LogP contribution in [0.15, 0.2) is 72.8 Å². The molecule has 0 bridgehead atoms. The van der Waals surface area contributed by atoms with Gasteiger partial charge in [0.2, 0.25) is 0 Å². The first-order valence-electron chi connectivity index (χ1n) is 11.0. The first kappa shape index (κ1) is 25.1. The molecule has 0 heterocycles. The maximum Gasteiger partial charge on any atom is 0.322 e. The van der Waals surface area contributed by atoms with Crippen molar-refractivity contribution in [3.05, 3.63) is 88.9 Å². The minimum atomic E-state index is -0.243. The van der Waals surface area contributed by atoms with Crippen molar-refractivity contribution in [1.29, 1.82) is 0 Å². The molecule has 0 unspecified atom stereocenters. The zero-order chi connectivity index (χ0) is 24.5. The van der Waals surface area contributed by atoms with Crippen LogP contribution in [0.25, 0.3) is 0 Å². The number of nitrogens with one attached hydrogen (secondary N) is 2. The van der Waals surface area contributed by atoms with Gasteiger partial charge in [0.1, 0.15) is 0 Å². The highest BCUT2D eigenvalue weighted by atomic mass is 35.5. The van der Waals surface area contributed by atoms with E-state index in [1.807, 2.05) is 38.4 Å². The number of carbonyl (C=O) groups excluding carboxylic acids is 2. The fourth-order valence-electron chi connectivity index (χ4n) is 3.35. The van der Waals surface area contributed by atoms with Gasteiger partial charge in [-0.05, 0) is 81.2 Å². The summed E-state index contributed by atoms with van der Waals surface area (Å²) in [6.07, 6.45) is 0.833. The summed E-state index contributed by atoms with van der Waals surface area (Å²) in [6, 6.07) is 21.2. The van der Waals surface area contributed by atoms with Crippen LogP contribution in [0.5, 0.6) is 0 Å². The number of amides is 3. The Bertz CT molecular complexity index is 1100. The zero-order valence-electron chi connectivity index (χ0n) is 19.4. The molecule has 0 aliphatic rings. The van der Waals surface area contributed by atoms with Crippen molar-refractivity contribution in [3.63, 3.8) is 0 Å². The Morgan fingerprint density at radius 2 is 1.56 bits per heavy atom. The highest BCUT2D eigenvalue weighted by molar-refractivity contribution is 6.30. The van der Waals surface area contributed by atoms with Crippen LogP contribution in [-0.4, -0.2) is 48.9 Å². The van der Waals surface area contributed by atoms with Crippen molar-refractivity contribution in [3.8, 4) is 0 Å². The topological polar surface area (TPSA) is 90.7 Å². The lowest BCUT2D eigenvalue weighted by Gasteiger charge is -2.24.